The maximum atomic E-state index is 12.5. The van der Waals surface area contributed by atoms with E-state index in [0.717, 1.165) is 6.42 Å². The first kappa shape index (κ1) is 15.9. The third-order valence-electron chi connectivity index (χ3n) is 3.78. The lowest BCUT2D eigenvalue weighted by atomic mass is 9.81. The van der Waals surface area contributed by atoms with Gasteiger partial charge < -0.3 is 0 Å². The van der Waals surface area contributed by atoms with E-state index in [-0.39, 0.29) is 11.8 Å². The molecular weight excluding hydrogens is 232 g/mol. The minimum absolute atomic E-state index is 0.0708. The first-order valence-corrected chi connectivity index (χ1v) is 7.56. The van der Waals surface area contributed by atoms with Gasteiger partial charge in [-0.1, -0.05) is 70.4 Å². The summed E-state index contributed by atoms with van der Waals surface area (Å²) >= 11 is 0. The fraction of sp³-hybridized carbons (Fsp3) is 0.611. The van der Waals surface area contributed by atoms with E-state index in [4.69, 9.17) is 0 Å². The van der Waals surface area contributed by atoms with Crippen LogP contribution in [-0.4, -0.2) is 5.78 Å². The van der Waals surface area contributed by atoms with Gasteiger partial charge in [0.25, 0.3) is 0 Å². The van der Waals surface area contributed by atoms with E-state index in [0.29, 0.717) is 11.7 Å². The lowest BCUT2D eigenvalue weighted by molar-refractivity contribution is -0.123. The summed E-state index contributed by atoms with van der Waals surface area (Å²) in [6, 6.07) is 8.44. The number of ketones is 1. The van der Waals surface area contributed by atoms with Crippen molar-refractivity contribution in [3.05, 3.63) is 35.4 Å². The molecule has 0 saturated heterocycles. The minimum Gasteiger partial charge on any atom is -0.299 e. The molecule has 0 saturated carbocycles. The number of benzene rings is 1. The van der Waals surface area contributed by atoms with Gasteiger partial charge in [-0.05, 0) is 24.8 Å². The highest BCUT2D eigenvalue weighted by Crippen LogP contribution is 2.29. The summed E-state index contributed by atoms with van der Waals surface area (Å²) < 4.78 is 0. The molecule has 0 N–H and O–H groups in total. The van der Waals surface area contributed by atoms with Crippen LogP contribution in [0.5, 0.6) is 0 Å². The number of aryl methyl sites for hydroxylation is 1. The van der Waals surface area contributed by atoms with Gasteiger partial charge in [0.2, 0.25) is 0 Å². The lowest BCUT2D eigenvalue weighted by Crippen LogP contribution is -2.20. The van der Waals surface area contributed by atoms with E-state index >= 15 is 0 Å². The molecule has 0 bridgehead atoms. The van der Waals surface area contributed by atoms with E-state index in [2.05, 4.69) is 45.0 Å². The number of Topliss-reactive ketones (excluding diaryl/α,β-unsaturated/α-hetero) is 1. The van der Waals surface area contributed by atoms with Crippen molar-refractivity contribution in [3.8, 4) is 0 Å². The van der Waals surface area contributed by atoms with Crippen molar-refractivity contribution in [2.75, 3.05) is 0 Å². The molecule has 1 aromatic carbocycles. The van der Waals surface area contributed by atoms with Crippen LogP contribution in [0, 0.1) is 18.8 Å². The first-order valence-electron chi connectivity index (χ1n) is 7.56. The summed E-state index contributed by atoms with van der Waals surface area (Å²) in [5, 5.41) is 0. The fourth-order valence-corrected chi connectivity index (χ4v) is 2.72. The molecule has 19 heavy (non-hydrogen) atoms. The van der Waals surface area contributed by atoms with Gasteiger partial charge in [-0.25, -0.2) is 0 Å². The summed E-state index contributed by atoms with van der Waals surface area (Å²) in [6.07, 6.45) is 3.37. The van der Waals surface area contributed by atoms with Gasteiger partial charge in [0.1, 0.15) is 5.78 Å². The Morgan fingerprint density at radius 2 is 1.89 bits per heavy atom. The number of hydrogen-bond donors (Lipinski definition) is 0. The summed E-state index contributed by atoms with van der Waals surface area (Å²) in [5.41, 5.74) is 2.43. The van der Waals surface area contributed by atoms with E-state index in [1.165, 1.54) is 24.0 Å². The molecule has 0 aliphatic heterocycles. The van der Waals surface area contributed by atoms with E-state index in [1.807, 2.05) is 13.8 Å². The second-order valence-corrected chi connectivity index (χ2v) is 6.15. The number of rotatable bonds is 7. The van der Waals surface area contributed by atoms with Crippen molar-refractivity contribution in [1.29, 1.82) is 0 Å². The molecular formula is C18H28O. The van der Waals surface area contributed by atoms with Gasteiger partial charge >= 0.3 is 0 Å². The van der Waals surface area contributed by atoms with Crippen LogP contribution >= 0.6 is 0 Å². The van der Waals surface area contributed by atoms with Crippen LogP contribution < -0.4 is 0 Å². The Morgan fingerprint density at radius 3 is 2.42 bits per heavy atom. The molecule has 106 valence electrons. The monoisotopic (exact) mass is 260 g/mol. The smallest absolute Gasteiger partial charge is 0.142 e. The SMILES string of the molecule is CCCC(C)CC(C(=O)C(C)C)c1cccc(C)c1. The number of hydrogen-bond acceptors (Lipinski definition) is 1. The average Bonchev–Trinajstić information content (AvgIpc) is 2.35. The van der Waals surface area contributed by atoms with Crippen LogP contribution in [0.15, 0.2) is 24.3 Å². The molecule has 2 atom stereocenters. The minimum atomic E-state index is 0.0708. The highest BCUT2D eigenvalue weighted by Gasteiger charge is 2.24. The zero-order chi connectivity index (χ0) is 14.4. The summed E-state index contributed by atoms with van der Waals surface area (Å²) in [4.78, 5) is 12.5. The number of carbonyl (C=O) groups excluding carboxylic acids is 1. The molecule has 1 nitrogen and oxygen atoms in total. The second kappa shape index (κ2) is 7.47. The van der Waals surface area contributed by atoms with E-state index < -0.39 is 0 Å². The van der Waals surface area contributed by atoms with Gasteiger partial charge in [0, 0.05) is 11.8 Å². The van der Waals surface area contributed by atoms with Crippen molar-refractivity contribution in [2.45, 2.75) is 59.8 Å². The van der Waals surface area contributed by atoms with Gasteiger partial charge in [-0.2, -0.15) is 0 Å². The zero-order valence-electron chi connectivity index (χ0n) is 13.1. The van der Waals surface area contributed by atoms with Crippen molar-refractivity contribution < 1.29 is 4.79 Å². The predicted octanol–water partition coefficient (Wildman–Crippen LogP) is 5.13. The molecule has 0 aliphatic rings. The fourth-order valence-electron chi connectivity index (χ4n) is 2.72. The molecule has 1 rings (SSSR count). The standard InChI is InChI=1S/C18H28O/c1-6-8-14(4)12-17(18(19)13(2)3)16-10-7-9-15(5)11-16/h7,9-11,13-14,17H,6,8,12H2,1-5H3. The summed E-state index contributed by atoms with van der Waals surface area (Å²) in [7, 11) is 0. The van der Waals surface area contributed by atoms with Crippen molar-refractivity contribution >= 4 is 5.78 Å². The zero-order valence-corrected chi connectivity index (χ0v) is 13.1. The largest absolute Gasteiger partial charge is 0.299 e. The van der Waals surface area contributed by atoms with Crippen LogP contribution in [0.2, 0.25) is 0 Å². The Balaban J connectivity index is 2.95. The van der Waals surface area contributed by atoms with Crippen LogP contribution in [0.1, 0.15) is 64.0 Å². The van der Waals surface area contributed by atoms with Crippen LogP contribution in [-0.2, 0) is 4.79 Å². The summed E-state index contributed by atoms with van der Waals surface area (Å²) in [6.45, 7) is 10.6. The van der Waals surface area contributed by atoms with Crippen LogP contribution in [0.3, 0.4) is 0 Å². The number of carbonyl (C=O) groups is 1. The Labute approximate surface area is 118 Å². The Morgan fingerprint density at radius 1 is 1.21 bits per heavy atom. The van der Waals surface area contributed by atoms with Crippen LogP contribution in [0.25, 0.3) is 0 Å². The van der Waals surface area contributed by atoms with E-state index in [1.54, 1.807) is 0 Å². The Hall–Kier alpha value is -1.11. The van der Waals surface area contributed by atoms with Gasteiger partial charge in [-0.15, -0.1) is 0 Å². The third kappa shape index (κ3) is 4.81. The lowest BCUT2D eigenvalue weighted by Gasteiger charge is -2.22. The molecule has 0 aromatic heterocycles. The van der Waals surface area contributed by atoms with Crippen molar-refractivity contribution in [3.63, 3.8) is 0 Å². The molecule has 0 fully saturated rings. The second-order valence-electron chi connectivity index (χ2n) is 6.15. The predicted molar refractivity (Wildman–Crippen MR) is 82.5 cm³/mol. The van der Waals surface area contributed by atoms with E-state index in [9.17, 15) is 4.79 Å². The first-order chi connectivity index (χ1) is 8.95. The van der Waals surface area contributed by atoms with Crippen molar-refractivity contribution in [2.24, 2.45) is 11.8 Å². The molecule has 0 heterocycles. The quantitative estimate of drug-likeness (QED) is 0.664. The highest BCUT2D eigenvalue weighted by atomic mass is 16.1. The molecule has 0 radical (unpaired) electrons. The maximum Gasteiger partial charge on any atom is 0.142 e. The molecule has 0 spiro atoms. The Kier molecular flexibility index (Phi) is 6.27. The average molecular weight is 260 g/mol. The summed E-state index contributed by atoms with van der Waals surface area (Å²) in [5.74, 6) is 1.17. The Bertz CT molecular complexity index is 406. The molecule has 0 amide bonds. The van der Waals surface area contributed by atoms with Gasteiger partial charge in [-0.3, -0.25) is 4.79 Å². The van der Waals surface area contributed by atoms with Gasteiger partial charge in [0.05, 0.1) is 0 Å². The topological polar surface area (TPSA) is 17.1 Å². The van der Waals surface area contributed by atoms with Crippen molar-refractivity contribution in [1.82, 2.24) is 0 Å². The molecule has 1 heteroatoms. The highest BCUT2D eigenvalue weighted by molar-refractivity contribution is 5.87. The maximum absolute atomic E-state index is 12.5. The van der Waals surface area contributed by atoms with Gasteiger partial charge in [0.15, 0.2) is 0 Å². The third-order valence-corrected chi connectivity index (χ3v) is 3.78. The molecule has 2 unspecified atom stereocenters. The normalized spacial score (nSPS) is 14.4. The molecule has 1 aromatic rings. The molecule has 0 aliphatic carbocycles. The van der Waals surface area contributed by atoms with Crippen LogP contribution in [0.4, 0.5) is 0 Å².